The topological polar surface area (TPSA) is 80.1 Å². The van der Waals surface area contributed by atoms with E-state index < -0.39 is 16.0 Å². The second kappa shape index (κ2) is 8.42. The summed E-state index contributed by atoms with van der Waals surface area (Å²) in [5, 5.41) is -0.286. The van der Waals surface area contributed by atoms with Crippen molar-refractivity contribution in [2.45, 2.75) is 25.0 Å². The van der Waals surface area contributed by atoms with Gasteiger partial charge in [-0.25, -0.2) is 17.6 Å². The van der Waals surface area contributed by atoms with Crippen molar-refractivity contribution in [2.75, 3.05) is 32.8 Å². The number of sulfonamides is 1. The van der Waals surface area contributed by atoms with Gasteiger partial charge in [0.2, 0.25) is 10.9 Å². The quantitative estimate of drug-likeness (QED) is 0.681. The monoisotopic (exact) mass is 410 g/mol. The standard InChI is InChI=1S/C19H23FN2O5S/c1-3-26-19(23)17-8-9-18(27-17)28(24,25)22-12-10-21(11-13-22)14(2)15-6-4-5-7-16(15)20/h4-9,14H,3,10-13H2,1-2H3. The average Bonchev–Trinajstić information content (AvgIpc) is 3.19. The minimum Gasteiger partial charge on any atom is -0.460 e. The van der Waals surface area contributed by atoms with Gasteiger partial charge < -0.3 is 9.15 Å². The minimum atomic E-state index is -3.85. The molecule has 1 aromatic heterocycles. The Labute approximate surface area is 163 Å². The van der Waals surface area contributed by atoms with E-state index in [1.54, 1.807) is 25.1 Å². The van der Waals surface area contributed by atoms with Crippen LogP contribution in [-0.2, 0) is 14.8 Å². The van der Waals surface area contributed by atoms with E-state index in [9.17, 15) is 17.6 Å². The average molecular weight is 410 g/mol. The van der Waals surface area contributed by atoms with E-state index in [2.05, 4.69) is 0 Å². The lowest BCUT2D eigenvalue weighted by Gasteiger charge is -2.37. The molecule has 1 atom stereocenters. The zero-order chi connectivity index (χ0) is 20.3. The van der Waals surface area contributed by atoms with Gasteiger partial charge >= 0.3 is 5.97 Å². The first kappa shape index (κ1) is 20.5. The highest BCUT2D eigenvalue weighted by atomic mass is 32.2. The van der Waals surface area contributed by atoms with Crippen LogP contribution in [-0.4, -0.2) is 56.4 Å². The van der Waals surface area contributed by atoms with Gasteiger partial charge in [0, 0.05) is 37.8 Å². The Morgan fingerprint density at radius 1 is 1.18 bits per heavy atom. The van der Waals surface area contributed by atoms with Crippen molar-refractivity contribution in [3.63, 3.8) is 0 Å². The molecule has 1 aliphatic rings. The van der Waals surface area contributed by atoms with E-state index in [-0.39, 0.29) is 42.4 Å². The number of benzene rings is 1. The number of hydrogen-bond donors (Lipinski definition) is 0. The number of rotatable bonds is 6. The Morgan fingerprint density at radius 3 is 2.50 bits per heavy atom. The number of nitrogens with zero attached hydrogens (tertiary/aromatic N) is 2. The smallest absolute Gasteiger partial charge is 0.374 e. The molecule has 9 heteroatoms. The lowest BCUT2D eigenvalue weighted by atomic mass is 10.1. The van der Waals surface area contributed by atoms with Crippen LogP contribution in [0.4, 0.5) is 4.39 Å². The van der Waals surface area contributed by atoms with Crippen LogP contribution in [0.15, 0.2) is 45.9 Å². The number of carbonyl (C=O) groups is 1. The molecule has 28 heavy (non-hydrogen) atoms. The number of piperazine rings is 1. The lowest BCUT2D eigenvalue weighted by Crippen LogP contribution is -2.49. The van der Waals surface area contributed by atoms with E-state index in [0.29, 0.717) is 18.7 Å². The normalized spacial score (nSPS) is 17.4. The highest BCUT2D eigenvalue weighted by Crippen LogP contribution is 2.26. The first-order valence-corrected chi connectivity index (χ1v) is 10.5. The van der Waals surface area contributed by atoms with Crippen molar-refractivity contribution in [3.05, 3.63) is 53.5 Å². The molecule has 0 N–H and O–H groups in total. The summed E-state index contributed by atoms with van der Waals surface area (Å²) in [6.45, 7) is 5.14. The molecule has 7 nitrogen and oxygen atoms in total. The number of halogens is 1. The molecule has 0 saturated carbocycles. The molecule has 1 fully saturated rings. The summed E-state index contributed by atoms with van der Waals surface area (Å²) in [4.78, 5) is 13.7. The summed E-state index contributed by atoms with van der Waals surface area (Å²) in [5.41, 5.74) is 0.587. The second-order valence-electron chi connectivity index (χ2n) is 6.48. The predicted molar refractivity (Wildman–Crippen MR) is 99.8 cm³/mol. The first-order chi connectivity index (χ1) is 13.3. The van der Waals surface area contributed by atoms with E-state index in [4.69, 9.17) is 9.15 Å². The maximum atomic E-state index is 14.0. The largest absolute Gasteiger partial charge is 0.460 e. The van der Waals surface area contributed by atoms with Crippen LogP contribution in [0, 0.1) is 5.82 Å². The van der Waals surface area contributed by atoms with Crippen LogP contribution in [0.3, 0.4) is 0 Å². The van der Waals surface area contributed by atoms with Gasteiger partial charge in [0.05, 0.1) is 6.61 Å². The van der Waals surface area contributed by atoms with Crippen LogP contribution in [0.1, 0.15) is 36.0 Å². The molecular formula is C19H23FN2O5S. The Bertz CT molecular complexity index is 935. The molecule has 2 aromatic rings. The summed E-state index contributed by atoms with van der Waals surface area (Å²) in [7, 11) is -3.85. The lowest BCUT2D eigenvalue weighted by molar-refractivity contribution is 0.0483. The fraction of sp³-hybridized carbons (Fsp3) is 0.421. The van der Waals surface area contributed by atoms with Gasteiger partial charge in [-0.05, 0) is 32.0 Å². The van der Waals surface area contributed by atoms with Crippen LogP contribution in [0.5, 0.6) is 0 Å². The summed E-state index contributed by atoms with van der Waals surface area (Å²) < 4.78 is 50.9. The molecule has 1 aliphatic heterocycles. The van der Waals surface area contributed by atoms with E-state index in [1.807, 2.05) is 11.8 Å². The summed E-state index contributed by atoms with van der Waals surface area (Å²) in [6.07, 6.45) is 0. The van der Waals surface area contributed by atoms with E-state index >= 15 is 0 Å². The van der Waals surface area contributed by atoms with Crippen molar-refractivity contribution < 1.29 is 26.8 Å². The van der Waals surface area contributed by atoms with Crippen molar-refractivity contribution in [1.82, 2.24) is 9.21 Å². The molecule has 1 aromatic carbocycles. The number of hydrogen-bond acceptors (Lipinski definition) is 6. The fourth-order valence-electron chi connectivity index (χ4n) is 3.24. The molecule has 152 valence electrons. The van der Waals surface area contributed by atoms with Gasteiger partial charge in [0.15, 0.2) is 0 Å². The van der Waals surface area contributed by atoms with Crippen molar-refractivity contribution >= 4 is 16.0 Å². The number of esters is 1. The third-order valence-corrected chi connectivity index (χ3v) is 6.60. The highest BCUT2D eigenvalue weighted by molar-refractivity contribution is 7.89. The SMILES string of the molecule is CCOC(=O)c1ccc(S(=O)(=O)N2CCN(C(C)c3ccccc3F)CC2)o1. The molecule has 3 rings (SSSR count). The maximum absolute atomic E-state index is 14.0. The molecule has 0 bridgehead atoms. The van der Waals surface area contributed by atoms with Gasteiger partial charge in [-0.1, -0.05) is 18.2 Å². The van der Waals surface area contributed by atoms with Crippen LogP contribution in [0.25, 0.3) is 0 Å². The van der Waals surface area contributed by atoms with E-state index in [1.165, 1.54) is 22.5 Å². The molecule has 1 saturated heterocycles. The molecular weight excluding hydrogens is 387 g/mol. The Hall–Kier alpha value is -2.23. The number of ether oxygens (including phenoxy) is 1. The van der Waals surface area contributed by atoms with Gasteiger partial charge in [0.1, 0.15) is 5.82 Å². The molecule has 1 unspecified atom stereocenters. The first-order valence-electron chi connectivity index (χ1n) is 9.10. The zero-order valence-electron chi connectivity index (χ0n) is 15.8. The Kier molecular flexibility index (Phi) is 6.17. The van der Waals surface area contributed by atoms with Crippen molar-refractivity contribution in [1.29, 1.82) is 0 Å². The van der Waals surface area contributed by atoms with Crippen LogP contribution < -0.4 is 0 Å². The molecule has 0 radical (unpaired) electrons. The van der Waals surface area contributed by atoms with Crippen molar-refractivity contribution in [3.8, 4) is 0 Å². The van der Waals surface area contributed by atoms with E-state index in [0.717, 1.165) is 0 Å². The Balaban J connectivity index is 1.67. The third-order valence-electron chi connectivity index (χ3n) is 4.83. The Morgan fingerprint density at radius 2 is 1.86 bits per heavy atom. The zero-order valence-corrected chi connectivity index (χ0v) is 16.6. The molecule has 2 heterocycles. The molecule has 0 spiro atoms. The van der Waals surface area contributed by atoms with Gasteiger partial charge in [-0.15, -0.1) is 0 Å². The maximum Gasteiger partial charge on any atom is 0.374 e. The number of furan rings is 1. The highest BCUT2D eigenvalue weighted by Gasteiger charge is 2.33. The van der Waals surface area contributed by atoms with Gasteiger partial charge in [-0.3, -0.25) is 4.90 Å². The molecule has 0 amide bonds. The van der Waals surface area contributed by atoms with Crippen molar-refractivity contribution in [2.24, 2.45) is 0 Å². The van der Waals surface area contributed by atoms with Gasteiger partial charge in [-0.2, -0.15) is 4.31 Å². The van der Waals surface area contributed by atoms with Crippen LogP contribution in [0.2, 0.25) is 0 Å². The molecule has 0 aliphatic carbocycles. The van der Waals surface area contributed by atoms with Crippen LogP contribution >= 0.6 is 0 Å². The summed E-state index contributed by atoms with van der Waals surface area (Å²) >= 11 is 0. The summed E-state index contributed by atoms with van der Waals surface area (Å²) in [5.74, 6) is -1.12. The summed E-state index contributed by atoms with van der Waals surface area (Å²) in [6, 6.07) is 8.98. The predicted octanol–water partition coefficient (Wildman–Crippen LogP) is 2.66. The second-order valence-corrected chi connectivity index (χ2v) is 8.35. The number of carbonyl (C=O) groups excluding carboxylic acids is 1. The fourth-order valence-corrected chi connectivity index (χ4v) is 4.57. The van der Waals surface area contributed by atoms with Gasteiger partial charge in [0.25, 0.3) is 10.0 Å². The minimum absolute atomic E-state index is 0.146. The third kappa shape index (κ3) is 4.11.